The summed E-state index contributed by atoms with van der Waals surface area (Å²) in [4.78, 5) is 28.2. The zero-order valence-corrected chi connectivity index (χ0v) is 22.2. The van der Waals surface area contributed by atoms with E-state index in [2.05, 4.69) is 29.0 Å². The number of carbonyl (C=O) groups excluding carboxylic acids is 2. The van der Waals surface area contributed by atoms with Gasteiger partial charge in [0.25, 0.3) is 0 Å². The lowest BCUT2D eigenvalue weighted by atomic mass is 9.67. The van der Waals surface area contributed by atoms with Gasteiger partial charge in [0.15, 0.2) is 17.2 Å². The first-order chi connectivity index (χ1) is 19.2. The Morgan fingerprint density at radius 1 is 1.02 bits per heavy atom. The molecule has 7 nitrogen and oxygen atoms in total. The topological polar surface area (TPSA) is 125 Å². The lowest BCUT2D eigenvalue weighted by molar-refractivity contribution is 0.0868. The highest BCUT2D eigenvalue weighted by Crippen LogP contribution is 2.68. The third-order valence-electron chi connectivity index (χ3n) is 8.90. The van der Waals surface area contributed by atoms with E-state index in [1.54, 1.807) is 31.2 Å². The number of anilines is 1. The van der Waals surface area contributed by atoms with Crippen LogP contribution in [0.25, 0.3) is 10.8 Å². The van der Waals surface area contributed by atoms with Crippen LogP contribution in [0.1, 0.15) is 62.4 Å². The van der Waals surface area contributed by atoms with Crippen LogP contribution in [0.5, 0.6) is 5.75 Å². The second kappa shape index (κ2) is 8.06. The monoisotopic (exact) mass is 530 g/mol. The van der Waals surface area contributed by atoms with Crippen LogP contribution < -0.4 is 11.1 Å². The Morgan fingerprint density at radius 3 is 2.35 bits per heavy atom. The van der Waals surface area contributed by atoms with Gasteiger partial charge < -0.3 is 26.0 Å². The van der Waals surface area contributed by atoms with Crippen LogP contribution in [0.2, 0.25) is 0 Å². The molecule has 0 saturated carbocycles. The summed E-state index contributed by atoms with van der Waals surface area (Å²) >= 11 is 0. The van der Waals surface area contributed by atoms with Gasteiger partial charge in [-0.25, -0.2) is 0 Å². The zero-order chi connectivity index (χ0) is 28.1. The van der Waals surface area contributed by atoms with Gasteiger partial charge in [-0.1, -0.05) is 29.7 Å². The number of nitrogens with two attached hydrogens (primary N) is 1. The number of hydrogen-bond acceptors (Lipinski definition) is 7. The Labute approximate surface area is 231 Å². The fraction of sp³-hybridized carbons (Fsp3) is 0.273. The van der Waals surface area contributed by atoms with Gasteiger partial charge in [0.1, 0.15) is 17.4 Å². The number of hydrogen-bond donors (Lipinski definition) is 4. The van der Waals surface area contributed by atoms with Crippen molar-refractivity contribution >= 4 is 28.0 Å². The SMILES string of the molecule is Cc1cc2cc3c(cc2cc1CN)C(=O)c1c2c(cc(O)c1C3=O)[C@@]13O[C@@]1([C@@H](C)O)[C@H](C#C/C=C\C#C[C@H]3C)N2. The third-order valence-corrected chi connectivity index (χ3v) is 8.90. The highest BCUT2D eigenvalue weighted by atomic mass is 16.6. The summed E-state index contributed by atoms with van der Waals surface area (Å²) in [5, 5.41) is 27.3. The van der Waals surface area contributed by atoms with Crippen molar-refractivity contribution < 1.29 is 24.5 Å². The number of allylic oxidation sites excluding steroid dienone is 2. The second-order valence-electron chi connectivity index (χ2n) is 11.0. The van der Waals surface area contributed by atoms with E-state index < -0.39 is 35.0 Å². The van der Waals surface area contributed by atoms with Crippen LogP contribution in [0.4, 0.5) is 5.69 Å². The molecular formula is C33H26N2O5. The molecule has 198 valence electrons. The summed E-state index contributed by atoms with van der Waals surface area (Å²) in [6.45, 7) is 5.83. The molecule has 5 atom stereocenters. The summed E-state index contributed by atoms with van der Waals surface area (Å²) in [6, 6.07) is 8.09. The first-order valence-corrected chi connectivity index (χ1v) is 13.2. The van der Waals surface area contributed by atoms with E-state index >= 15 is 0 Å². The van der Waals surface area contributed by atoms with Crippen molar-refractivity contribution in [2.45, 2.75) is 50.7 Å². The Balaban J connectivity index is 1.50. The van der Waals surface area contributed by atoms with Crippen molar-refractivity contribution in [3.8, 4) is 29.4 Å². The molecule has 2 heterocycles. The fourth-order valence-electron chi connectivity index (χ4n) is 6.91. The molecular weight excluding hydrogens is 504 g/mol. The number of rotatable bonds is 2. The minimum Gasteiger partial charge on any atom is -0.507 e. The lowest BCUT2D eigenvalue weighted by Crippen LogP contribution is -2.53. The highest BCUT2D eigenvalue weighted by Gasteiger charge is 2.81. The standard InChI is InChI=1S/C33H26N2O5/c1-16-10-19-12-22-23(13-20(19)11-21(16)15-34)31(39)28-27(30(22)38)25(37)14-24-29(28)35-26-9-7-5-4-6-8-17(2)32(24)33(26,40-32)18(3)36/h4-5,10-14,17-18,26,35-37H,15,34H2,1-3H3/b5-4-/t17-,18-,26+,32-,33+/m1/s1. The van der Waals surface area contributed by atoms with Crippen molar-refractivity contribution in [2.24, 2.45) is 11.7 Å². The third kappa shape index (κ3) is 2.87. The minimum atomic E-state index is -1.17. The lowest BCUT2D eigenvalue weighted by Gasteiger charge is -2.38. The Hall–Kier alpha value is -4.40. The van der Waals surface area contributed by atoms with Crippen molar-refractivity contribution in [1.29, 1.82) is 0 Å². The number of benzene rings is 3. The number of aryl methyl sites for hydroxylation is 1. The first kappa shape index (κ1) is 24.6. The van der Waals surface area contributed by atoms with Gasteiger partial charge >= 0.3 is 0 Å². The zero-order valence-electron chi connectivity index (χ0n) is 22.2. The van der Waals surface area contributed by atoms with Crippen LogP contribution >= 0.6 is 0 Å². The number of phenolic OH excluding ortho intramolecular Hbond substituents is 1. The predicted molar refractivity (Wildman–Crippen MR) is 150 cm³/mol. The number of aliphatic hydroxyl groups is 1. The summed E-state index contributed by atoms with van der Waals surface area (Å²) < 4.78 is 6.46. The van der Waals surface area contributed by atoms with Crippen LogP contribution in [0.3, 0.4) is 0 Å². The Kier molecular flexibility index (Phi) is 4.96. The molecule has 2 aliphatic heterocycles. The molecule has 40 heavy (non-hydrogen) atoms. The maximum atomic E-state index is 14.3. The number of ketones is 2. The molecule has 0 radical (unpaired) electrons. The normalized spacial score (nSPS) is 28.3. The number of fused-ring (bicyclic) bond motifs is 5. The molecule has 0 spiro atoms. The van der Waals surface area contributed by atoms with E-state index in [4.69, 9.17) is 10.5 Å². The quantitative estimate of drug-likeness (QED) is 0.178. The summed E-state index contributed by atoms with van der Waals surface area (Å²) in [5.41, 5.74) is 6.89. The van der Waals surface area contributed by atoms with Crippen molar-refractivity contribution in [2.75, 3.05) is 5.32 Å². The van der Waals surface area contributed by atoms with Crippen LogP contribution in [0.15, 0.2) is 42.5 Å². The smallest absolute Gasteiger partial charge is 0.198 e. The molecule has 2 bridgehead atoms. The number of ether oxygens (including phenoxy) is 1. The number of phenols is 1. The first-order valence-electron chi connectivity index (χ1n) is 13.2. The molecule has 7 heteroatoms. The van der Waals surface area contributed by atoms with E-state index in [9.17, 15) is 19.8 Å². The number of aromatic hydroxyl groups is 1. The van der Waals surface area contributed by atoms with E-state index in [1.807, 2.05) is 26.0 Å². The molecule has 3 aromatic carbocycles. The second-order valence-corrected chi connectivity index (χ2v) is 11.0. The maximum Gasteiger partial charge on any atom is 0.198 e. The molecule has 4 aliphatic rings. The van der Waals surface area contributed by atoms with Gasteiger partial charge in [-0.15, -0.1) is 0 Å². The van der Waals surface area contributed by atoms with Crippen molar-refractivity contribution in [1.82, 2.24) is 0 Å². The molecule has 0 unspecified atom stereocenters. The Morgan fingerprint density at radius 2 is 1.68 bits per heavy atom. The predicted octanol–water partition coefficient (Wildman–Crippen LogP) is 3.44. The van der Waals surface area contributed by atoms with Crippen molar-refractivity contribution in [3.05, 3.63) is 81.4 Å². The highest BCUT2D eigenvalue weighted by molar-refractivity contribution is 6.32. The van der Waals surface area contributed by atoms with Gasteiger partial charge in [0, 0.05) is 23.2 Å². The number of carbonyl (C=O) groups is 2. The Bertz CT molecular complexity index is 1880. The van der Waals surface area contributed by atoms with Gasteiger partial charge in [0.05, 0.1) is 28.8 Å². The van der Waals surface area contributed by atoms with Gasteiger partial charge in [0.2, 0.25) is 0 Å². The number of epoxide rings is 1. The summed E-state index contributed by atoms with van der Waals surface area (Å²) in [6.07, 6.45) is 2.32. The van der Waals surface area contributed by atoms with Crippen molar-refractivity contribution in [3.63, 3.8) is 0 Å². The average Bonchev–Trinajstić information content (AvgIpc) is 3.66. The van der Waals surface area contributed by atoms with Crippen LogP contribution in [-0.2, 0) is 16.9 Å². The minimum absolute atomic E-state index is 0.0591. The van der Waals surface area contributed by atoms with E-state index in [-0.39, 0.29) is 33.8 Å². The summed E-state index contributed by atoms with van der Waals surface area (Å²) in [7, 11) is 0. The number of nitrogens with one attached hydrogen (secondary N) is 1. The van der Waals surface area contributed by atoms with E-state index in [0.29, 0.717) is 17.8 Å². The molecule has 3 aromatic rings. The van der Waals surface area contributed by atoms with Crippen LogP contribution in [0, 0.1) is 36.5 Å². The largest absolute Gasteiger partial charge is 0.507 e. The van der Waals surface area contributed by atoms with Gasteiger partial charge in [-0.05, 0) is 79.1 Å². The van der Waals surface area contributed by atoms with Gasteiger partial charge in [-0.2, -0.15) is 0 Å². The molecule has 1 fully saturated rings. The molecule has 1 saturated heterocycles. The maximum absolute atomic E-state index is 14.3. The average molecular weight is 531 g/mol. The molecule has 0 aromatic heterocycles. The molecule has 5 N–H and O–H groups in total. The molecule has 2 aliphatic carbocycles. The molecule has 7 rings (SSSR count). The molecule has 0 amide bonds. The van der Waals surface area contributed by atoms with E-state index in [1.165, 1.54) is 6.07 Å². The van der Waals surface area contributed by atoms with Crippen LogP contribution in [-0.4, -0.2) is 39.5 Å². The van der Waals surface area contributed by atoms with E-state index in [0.717, 1.165) is 21.9 Å². The van der Waals surface area contributed by atoms with Gasteiger partial charge in [-0.3, -0.25) is 9.59 Å². The number of aliphatic hydroxyl groups excluding tert-OH is 1. The fourth-order valence-corrected chi connectivity index (χ4v) is 6.91. The summed E-state index contributed by atoms with van der Waals surface area (Å²) in [5.74, 6) is 10.6.